The molecule has 0 aliphatic carbocycles. The average molecular weight is 764 g/mol. The van der Waals surface area contributed by atoms with Crippen LogP contribution in [0.5, 0.6) is 6.01 Å². The number of aromatic nitrogens is 3. The van der Waals surface area contributed by atoms with E-state index in [4.69, 9.17) is 9.47 Å². The molecule has 18 heteroatoms. The summed E-state index contributed by atoms with van der Waals surface area (Å²) >= 11 is 0.657. The lowest BCUT2D eigenvalue weighted by molar-refractivity contribution is -0.137. The van der Waals surface area contributed by atoms with E-state index in [0.29, 0.717) is 17.8 Å². The predicted molar refractivity (Wildman–Crippen MR) is 188 cm³/mol. The van der Waals surface area contributed by atoms with Gasteiger partial charge < -0.3 is 24.4 Å². The summed E-state index contributed by atoms with van der Waals surface area (Å²) in [6.07, 6.45) is -3.10. The van der Waals surface area contributed by atoms with Crippen molar-refractivity contribution in [2.24, 2.45) is 0 Å². The summed E-state index contributed by atoms with van der Waals surface area (Å²) in [6, 6.07) is 1.94. The molecule has 0 radical (unpaired) electrons. The minimum absolute atomic E-state index is 0.0509. The molecular formula is C35H38F5N7O5S. The fourth-order valence-electron chi connectivity index (χ4n) is 7.70. The number of halogens is 5. The Morgan fingerprint density at radius 2 is 1.79 bits per heavy atom. The molecule has 3 aliphatic heterocycles. The fourth-order valence-corrected chi connectivity index (χ4v) is 8.58. The number of nitrogens with zero attached hydrogens (tertiary/aromatic N) is 6. The number of likely N-dealkylation sites (tertiary alicyclic amines) is 1. The monoisotopic (exact) mass is 763 g/mol. The Morgan fingerprint density at radius 3 is 2.43 bits per heavy atom. The predicted octanol–water partition coefficient (Wildman–Crippen LogP) is 7.75. The van der Waals surface area contributed by atoms with Gasteiger partial charge in [0.05, 0.1) is 21.3 Å². The van der Waals surface area contributed by atoms with Crippen LogP contribution in [0.1, 0.15) is 58.4 Å². The van der Waals surface area contributed by atoms with E-state index < -0.39 is 58.3 Å². The number of carbonyl (C=O) groups excluding carboxylic acids is 1. The first kappa shape index (κ1) is 36.8. The zero-order valence-corrected chi connectivity index (χ0v) is 30.3. The molecule has 2 aromatic heterocycles. The third-order valence-electron chi connectivity index (χ3n) is 10.2. The highest BCUT2D eigenvalue weighted by atomic mass is 32.1. The quantitative estimate of drug-likeness (QED) is 0.180. The van der Waals surface area contributed by atoms with Gasteiger partial charge in [0.25, 0.3) is 0 Å². The topological polar surface area (TPSA) is 133 Å². The summed E-state index contributed by atoms with van der Waals surface area (Å²) < 4.78 is 88.6. The van der Waals surface area contributed by atoms with Gasteiger partial charge in [0.2, 0.25) is 0 Å². The van der Waals surface area contributed by atoms with Gasteiger partial charge in [0.15, 0.2) is 10.9 Å². The molecule has 1 atom stereocenters. The van der Waals surface area contributed by atoms with Crippen molar-refractivity contribution in [3.05, 3.63) is 35.4 Å². The number of amides is 2. The molecule has 2 aromatic carbocycles. The van der Waals surface area contributed by atoms with Crippen molar-refractivity contribution in [3.63, 3.8) is 0 Å². The van der Waals surface area contributed by atoms with Gasteiger partial charge in [0.1, 0.15) is 29.4 Å². The van der Waals surface area contributed by atoms with Gasteiger partial charge in [0, 0.05) is 42.7 Å². The minimum atomic E-state index is -5.12. The summed E-state index contributed by atoms with van der Waals surface area (Å²) in [5.74, 6) is -2.26. The molecule has 12 nitrogen and oxygen atoms in total. The normalized spacial score (nSPS) is 18.9. The third kappa shape index (κ3) is 6.98. The first-order valence-electron chi connectivity index (χ1n) is 17.2. The number of hydrogen-bond acceptors (Lipinski definition) is 10. The van der Waals surface area contributed by atoms with E-state index in [-0.39, 0.29) is 63.4 Å². The van der Waals surface area contributed by atoms with Crippen LogP contribution in [0.4, 0.5) is 42.5 Å². The molecule has 0 unspecified atom stereocenters. The van der Waals surface area contributed by atoms with Crippen molar-refractivity contribution < 1.29 is 46.1 Å². The summed E-state index contributed by atoms with van der Waals surface area (Å²) in [6.45, 7) is 7.14. The van der Waals surface area contributed by atoms with Gasteiger partial charge in [-0.15, -0.1) is 0 Å². The number of anilines is 2. The molecule has 4 aromatic rings. The lowest BCUT2D eigenvalue weighted by Gasteiger charge is -2.31. The molecule has 7 rings (SSSR count). The molecule has 3 fully saturated rings. The average Bonchev–Trinajstić information content (AvgIpc) is 3.87. The standard InChI is InChI=1S/C35H38F5N7O5S/c1-33(2,3)52-31(48)44-30-42-26-19(7-8-22(36)27(26)53-30)23-21(35(38,39)40)15-20-25(24(23)37)41-29(51-17-34-10-5-12-47(34)13-6-11-34)43-28(20)45(4)18-9-14-46(16-18)32(49)50/h7-8,15,18H,5-6,9-14,16-17H2,1-4H3,(H,49,50)(H,42,44,48)/t18-/m1/s1. The summed E-state index contributed by atoms with van der Waals surface area (Å²) in [5.41, 5.74) is -4.60. The maximum Gasteiger partial charge on any atom is 0.417 e. The smallest absolute Gasteiger partial charge is 0.417 e. The highest BCUT2D eigenvalue weighted by molar-refractivity contribution is 7.22. The second-order valence-electron chi connectivity index (χ2n) is 14.7. The number of alkyl halides is 3. The van der Waals surface area contributed by atoms with Crippen LogP contribution >= 0.6 is 11.3 Å². The molecule has 2 amide bonds. The fraction of sp³-hybridized carbons (Fsp3) is 0.514. The Hall–Kier alpha value is -4.58. The van der Waals surface area contributed by atoms with Crippen LogP contribution in [-0.4, -0.2) is 99.1 Å². The lowest BCUT2D eigenvalue weighted by atomic mass is 9.95. The maximum atomic E-state index is 17.1. The van der Waals surface area contributed by atoms with Gasteiger partial charge in [-0.1, -0.05) is 11.3 Å². The molecule has 0 saturated carbocycles. The summed E-state index contributed by atoms with van der Waals surface area (Å²) in [7, 11) is 1.56. The molecular weight excluding hydrogens is 725 g/mol. The Bertz CT molecular complexity index is 2100. The summed E-state index contributed by atoms with van der Waals surface area (Å²) in [5, 5.41) is 11.5. The van der Waals surface area contributed by atoms with E-state index in [9.17, 15) is 14.7 Å². The molecule has 5 heterocycles. The van der Waals surface area contributed by atoms with Gasteiger partial charge in [-0.3, -0.25) is 10.2 Å². The molecule has 53 heavy (non-hydrogen) atoms. The van der Waals surface area contributed by atoms with E-state index in [1.807, 2.05) is 0 Å². The van der Waals surface area contributed by atoms with Crippen LogP contribution in [0, 0.1) is 11.6 Å². The van der Waals surface area contributed by atoms with E-state index in [0.717, 1.165) is 57.0 Å². The van der Waals surface area contributed by atoms with Gasteiger partial charge in [-0.2, -0.15) is 23.1 Å². The number of benzene rings is 2. The number of likely N-dealkylation sites (N-methyl/N-ethyl adjacent to an activating group) is 1. The largest absolute Gasteiger partial charge is 0.465 e. The Balaban J connectivity index is 1.39. The van der Waals surface area contributed by atoms with Crippen LogP contribution in [-0.2, 0) is 10.9 Å². The van der Waals surface area contributed by atoms with Gasteiger partial charge >= 0.3 is 24.4 Å². The van der Waals surface area contributed by atoms with Crippen LogP contribution in [0.3, 0.4) is 0 Å². The Labute approximate surface area is 304 Å². The van der Waals surface area contributed by atoms with Crippen molar-refractivity contribution in [1.29, 1.82) is 0 Å². The van der Waals surface area contributed by atoms with E-state index >= 15 is 22.0 Å². The number of fused-ring (bicyclic) bond motifs is 3. The Morgan fingerprint density at radius 1 is 1.08 bits per heavy atom. The maximum absolute atomic E-state index is 17.1. The number of thiazole rings is 1. The number of carbonyl (C=O) groups is 2. The van der Waals surface area contributed by atoms with Crippen LogP contribution in [0.15, 0.2) is 18.2 Å². The van der Waals surface area contributed by atoms with E-state index in [1.165, 1.54) is 4.90 Å². The molecule has 2 N–H and O–H groups in total. The second kappa shape index (κ2) is 13.4. The third-order valence-corrected chi connectivity index (χ3v) is 11.1. The van der Waals surface area contributed by atoms with Crippen molar-refractivity contribution in [3.8, 4) is 17.1 Å². The molecule has 3 saturated heterocycles. The van der Waals surface area contributed by atoms with Crippen molar-refractivity contribution >= 4 is 55.6 Å². The van der Waals surface area contributed by atoms with Gasteiger partial charge in [-0.05, 0) is 84.2 Å². The van der Waals surface area contributed by atoms with Gasteiger partial charge in [-0.25, -0.2) is 23.4 Å². The molecule has 3 aliphatic rings. The molecule has 284 valence electrons. The number of rotatable bonds is 7. The van der Waals surface area contributed by atoms with Crippen LogP contribution in [0.25, 0.3) is 32.2 Å². The molecule has 0 bridgehead atoms. The van der Waals surface area contributed by atoms with E-state index in [1.54, 1.807) is 32.7 Å². The van der Waals surface area contributed by atoms with E-state index in [2.05, 4.69) is 25.2 Å². The van der Waals surface area contributed by atoms with Crippen LogP contribution < -0.4 is 15.0 Å². The zero-order valence-electron chi connectivity index (χ0n) is 29.4. The lowest BCUT2D eigenvalue weighted by Crippen LogP contribution is -2.43. The van der Waals surface area contributed by atoms with Crippen molar-refractivity contribution in [1.82, 2.24) is 24.8 Å². The number of ether oxygens (including phenoxy) is 2. The van der Waals surface area contributed by atoms with Crippen molar-refractivity contribution in [2.75, 3.05) is 50.1 Å². The highest BCUT2D eigenvalue weighted by Crippen LogP contribution is 2.47. The SMILES string of the molecule is CN(c1nc(OCC23CCCN2CCC3)nc2c(F)c(-c3ccc(F)c4sc(NC(=O)OC(C)(C)C)nc34)c(C(F)(F)F)cc12)[C@@H]1CCN(C(=O)O)C1. The highest BCUT2D eigenvalue weighted by Gasteiger charge is 2.45. The summed E-state index contributed by atoms with van der Waals surface area (Å²) in [4.78, 5) is 42.3. The molecule has 0 spiro atoms. The number of carboxylic acid groups (broad SMARTS) is 1. The van der Waals surface area contributed by atoms with Crippen molar-refractivity contribution in [2.45, 2.75) is 76.2 Å². The first-order chi connectivity index (χ1) is 24.9. The first-order valence-corrected chi connectivity index (χ1v) is 18.1. The number of hydrogen-bond donors (Lipinski definition) is 2. The zero-order chi connectivity index (χ0) is 38.0. The minimum Gasteiger partial charge on any atom is -0.465 e. The number of nitrogens with one attached hydrogen (secondary N) is 1. The second-order valence-corrected chi connectivity index (χ2v) is 15.7. The Kier molecular flexibility index (Phi) is 9.27. The van der Waals surface area contributed by atoms with Crippen LogP contribution in [0.2, 0.25) is 0 Å².